The predicted molar refractivity (Wildman–Crippen MR) is 81.4 cm³/mol. The van der Waals surface area contributed by atoms with Gasteiger partial charge in [-0.25, -0.2) is 0 Å². The molecule has 0 radical (unpaired) electrons. The summed E-state index contributed by atoms with van der Waals surface area (Å²) in [7, 11) is 0. The fourth-order valence-corrected chi connectivity index (χ4v) is 4.58. The van der Waals surface area contributed by atoms with Crippen LogP contribution in [0.4, 0.5) is 0 Å². The number of carbonyl (C=O) groups excluding carboxylic acids is 1. The van der Waals surface area contributed by atoms with Gasteiger partial charge >= 0.3 is 5.97 Å². The Morgan fingerprint density at radius 2 is 1.91 bits per heavy atom. The first-order valence-corrected chi connectivity index (χ1v) is 8.66. The molecule has 2 saturated carbocycles. The van der Waals surface area contributed by atoms with Crippen molar-refractivity contribution in [1.82, 2.24) is 5.32 Å². The monoisotopic (exact) mass is 309 g/mol. The molecule has 5 nitrogen and oxygen atoms in total. The number of ether oxygens (including phenoxy) is 1. The Labute approximate surface area is 131 Å². The van der Waals surface area contributed by atoms with Crippen LogP contribution in [0, 0.1) is 11.3 Å². The molecule has 1 saturated heterocycles. The van der Waals surface area contributed by atoms with Crippen LogP contribution in [0.3, 0.4) is 0 Å². The number of amides is 1. The van der Waals surface area contributed by atoms with Crippen molar-refractivity contribution >= 4 is 11.9 Å². The maximum atomic E-state index is 12.7. The highest BCUT2D eigenvalue weighted by molar-refractivity contribution is 5.83. The fourth-order valence-electron chi connectivity index (χ4n) is 4.58. The molecule has 22 heavy (non-hydrogen) atoms. The van der Waals surface area contributed by atoms with Gasteiger partial charge in [-0.3, -0.25) is 9.59 Å². The quantitative estimate of drug-likeness (QED) is 0.836. The van der Waals surface area contributed by atoms with Gasteiger partial charge in [0, 0.05) is 18.1 Å². The third-order valence-electron chi connectivity index (χ3n) is 6.13. The van der Waals surface area contributed by atoms with Crippen LogP contribution in [0.1, 0.15) is 64.7 Å². The predicted octanol–water partition coefficient (Wildman–Crippen LogP) is 2.49. The molecule has 1 aliphatic heterocycles. The van der Waals surface area contributed by atoms with Crippen molar-refractivity contribution in [2.75, 3.05) is 6.61 Å². The third kappa shape index (κ3) is 2.75. The van der Waals surface area contributed by atoms with Crippen LogP contribution in [0.25, 0.3) is 0 Å². The standard InChI is InChI=1S/C17H27NO4/c1-2-16(6-3-4-7-16)15(21)18-13-5-8-22-17(11-13)9-12(10-17)14(19)20/h12-13H,2-11H2,1H3,(H,18,21)(H,19,20). The Bertz CT molecular complexity index is 450. The zero-order valence-corrected chi connectivity index (χ0v) is 13.4. The number of nitrogens with one attached hydrogen (secondary N) is 1. The van der Waals surface area contributed by atoms with E-state index in [1.165, 1.54) is 0 Å². The summed E-state index contributed by atoms with van der Waals surface area (Å²) in [6.07, 6.45) is 8.01. The average Bonchev–Trinajstić information content (AvgIpc) is 2.95. The molecule has 1 amide bonds. The second kappa shape index (κ2) is 5.84. The SMILES string of the molecule is CCC1(C(=O)NC2CCOC3(C2)CC(C(=O)O)C3)CCCC1. The van der Waals surface area contributed by atoms with Gasteiger partial charge < -0.3 is 15.2 Å². The first-order chi connectivity index (χ1) is 10.5. The molecule has 3 aliphatic rings. The first-order valence-electron chi connectivity index (χ1n) is 8.66. The number of hydrogen-bond donors (Lipinski definition) is 2. The lowest BCUT2D eigenvalue weighted by atomic mass is 9.66. The van der Waals surface area contributed by atoms with E-state index in [1.807, 2.05) is 0 Å². The van der Waals surface area contributed by atoms with Gasteiger partial charge in [0.05, 0.1) is 11.5 Å². The van der Waals surface area contributed by atoms with Crippen LogP contribution in [-0.4, -0.2) is 35.2 Å². The summed E-state index contributed by atoms with van der Waals surface area (Å²) in [5.41, 5.74) is -0.455. The lowest BCUT2D eigenvalue weighted by molar-refractivity contribution is -0.182. The van der Waals surface area contributed by atoms with Gasteiger partial charge in [0.15, 0.2) is 0 Å². The first kappa shape index (κ1) is 15.8. The molecule has 2 N–H and O–H groups in total. The Hall–Kier alpha value is -1.10. The van der Waals surface area contributed by atoms with Gasteiger partial charge in [-0.05, 0) is 44.9 Å². The van der Waals surface area contributed by atoms with Crippen molar-refractivity contribution in [3.63, 3.8) is 0 Å². The molecule has 0 bridgehead atoms. The second-order valence-corrected chi connectivity index (χ2v) is 7.48. The molecule has 3 rings (SSSR count). The lowest BCUT2D eigenvalue weighted by Crippen LogP contribution is -2.57. The summed E-state index contributed by atoms with van der Waals surface area (Å²) in [5, 5.41) is 12.3. The van der Waals surface area contributed by atoms with Crippen LogP contribution in [0.15, 0.2) is 0 Å². The van der Waals surface area contributed by atoms with Crippen molar-refractivity contribution in [2.45, 2.75) is 76.4 Å². The fraction of sp³-hybridized carbons (Fsp3) is 0.882. The number of aliphatic carboxylic acids is 1. The number of carboxylic acid groups (broad SMARTS) is 1. The summed E-state index contributed by atoms with van der Waals surface area (Å²) < 4.78 is 5.86. The van der Waals surface area contributed by atoms with Crippen molar-refractivity contribution in [3.8, 4) is 0 Å². The van der Waals surface area contributed by atoms with Crippen LogP contribution < -0.4 is 5.32 Å². The maximum absolute atomic E-state index is 12.7. The van der Waals surface area contributed by atoms with Crippen LogP contribution in [0.2, 0.25) is 0 Å². The molecule has 1 spiro atoms. The topological polar surface area (TPSA) is 75.6 Å². The summed E-state index contributed by atoms with van der Waals surface area (Å²) in [4.78, 5) is 23.7. The summed E-state index contributed by atoms with van der Waals surface area (Å²) in [6, 6.07) is 0.139. The second-order valence-electron chi connectivity index (χ2n) is 7.48. The van der Waals surface area contributed by atoms with Gasteiger partial charge in [-0.1, -0.05) is 19.8 Å². The molecule has 2 aliphatic carbocycles. The maximum Gasteiger partial charge on any atom is 0.306 e. The van der Waals surface area contributed by atoms with E-state index >= 15 is 0 Å². The molecule has 1 atom stereocenters. The number of rotatable bonds is 4. The van der Waals surface area contributed by atoms with E-state index in [-0.39, 0.29) is 28.9 Å². The van der Waals surface area contributed by atoms with Crippen molar-refractivity contribution in [1.29, 1.82) is 0 Å². The Kier molecular flexibility index (Phi) is 4.19. The number of hydrogen-bond acceptors (Lipinski definition) is 3. The van der Waals surface area contributed by atoms with E-state index in [1.54, 1.807) is 0 Å². The minimum absolute atomic E-state index is 0.139. The van der Waals surface area contributed by atoms with E-state index in [9.17, 15) is 9.59 Å². The van der Waals surface area contributed by atoms with Crippen LogP contribution in [-0.2, 0) is 14.3 Å². The molecule has 124 valence electrons. The van der Waals surface area contributed by atoms with Gasteiger partial charge in [0.2, 0.25) is 5.91 Å². The van der Waals surface area contributed by atoms with Gasteiger partial charge in [0.25, 0.3) is 0 Å². The van der Waals surface area contributed by atoms with E-state index in [0.29, 0.717) is 19.4 Å². The van der Waals surface area contributed by atoms with Crippen molar-refractivity contribution in [3.05, 3.63) is 0 Å². The third-order valence-corrected chi connectivity index (χ3v) is 6.13. The van der Waals surface area contributed by atoms with E-state index in [2.05, 4.69) is 12.2 Å². The smallest absolute Gasteiger partial charge is 0.306 e. The molecule has 5 heteroatoms. The largest absolute Gasteiger partial charge is 0.481 e. The van der Waals surface area contributed by atoms with Gasteiger partial charge in [-0.2, -0.15) is 0 Å². The highest BCUT2D eigenvalue weighted by Crippen LogP contribution is 2.47. The van der Waals surface area contributed by atoms with Crippen molar-refractivity contribution in [2.24, 2.45) is 11.3 Å². The number of carboxylic acids is 1. The van der Waals surface area contributed by atoms with Crippen LogP contribution in [0.5, 0.6) is 0 Å². The zero-order valence-electron chi connectivity index (χ0n) is 13.4. The Morgan fingerprint density at radius 1 is 1.23 bits per heavy atom. The zero-order chi connectivity index (χ0) is 15.8. The number of carbonyl (C=O) groups is 2. The minimum Gasteiger partial charge on any atom is -0.481 e. The van der Waals surface area contributed by atoms with E-state index < -0.39 is 5.97 Å². The molecular formula is C17H27NO4. The summed E-state index contributed by atoms with van der Waals surface area (Å²) >= 11 is 0. The van der Waals surface area contributed by atoms with E-state index in [4.69, 9.17) is 9.84 Å². The highest BCUT2D eigenvalue weighted by atomic mass is 16.5. The Morgan fingerprint density at radius 3 is 2.50 bits per heavy atom. The van der Waals surface area contributed by atoms with E-state index in [0.717, 1.165) is 44.9 Å². The van der Waals surface area contributed by atoms with Crippen molar-refractivity contribution < 1.29 is 19.4 Å². The normalized spacial score (nSPS) is 36.8. The van der Waals surface area contributed by atoms with Gasteiger partial charge in [-0.15, -0.1) is 0 Å². The average molecular weight is 309 g/mol. The molecule has 1 unspecified atom stereocenters. The molecule has 0 aromatic heterocycles. The summed E-state index contributed by atoms with van der Waals surface area (Å²) in [5.74, 6) is -0.786. The van der Waals surface area contributed by atoms with Gasteiger partial charge in [0.1, 0.15) is 0 Å². The molecular weight excluding hydrogens is 282 g/mol. The minimum atomic E-state index is -0.726. The Balaban J connectivity index is 1.57. The molecule has 3 fully saturated rings. The molecule has 0 aromatic carbocycles. The lowest BCUT2D eigenvalue weighted by Gasteiger charge is -2.50. The highest BCUT2D eigenvalue weighted by Gasteiger charge is 2.51. The molecule has 1 heterocycles. The summed E-state index contributed by atoms with van der Waals surface area (Å²) in [6.45, 7) is 2.73. The molecule has 0 aromatic rings. The van der Waals surface area contributed by atoms with Crippen LogP contribution >= 0.6 is 0 Å².